The lowest BCUT2D eigenvalue weighted by Gasteiger charge is -2.14. The fraction of sp³-hybridized carbons (Fsp3) is 0.208. The second-order valence-corrected chi connectivity index (χ2v) is 9.89. The summed E-state index contributed by atoms with van der Waals surface area (Å²) in [6, 6.07) is 20.1. The molecule has 0 atom stereocenters. The van der Waals surface area contributed by atoms with Gasteiger partial charge in [0.1, 0.15) is 0 Å². The molecule has 0 bridgehead atoms. The molecule has 1 amide bonds. The predicted octanol–water partition coefficient (Wildman–Crippen LogP) is 4.99. The van der Waals surface area contributed by atoms with Crippen LogP contribution in [-0.2, 0) is 16.6 Å². The van der Waals surface area contributed by atoms with Crippen LogP contribution in [0.15, 0.2) is 77.7 Å². The van der Waals surface area contributed by atoms with Crippen LogP contribution in [0.25, 0.3) is 0 Å². The minimum atomic E-state index is -3.77. The molecule has 4 rings (SSSR count). The zero-order valence-electron chi connectivity index (χ0n) is 17.4. The van der Waals surface area contributed by atoms with Crippen molar-refractivity contribution in [2.45, 2.75) is 24.3 Å². The van der Waals surface area contributed by atoms with E-state index in [0.29, 0.717) is 22.0 Å². The Labute approximate surface area is 193 Å². The van der Waals surface area contributed by atoms with Crippen LogP contribution in [0.1, 0.15) is 28.8 Å². The molecule has 3 aromatic rings. The van der Waals surface area contributed by atoms with Crippen molar-refractivity contribution in [3.05, 3.63) is 88.9 Å². The lowest BCUT2D eigenvalue weighted by Crippen LogP contribution is -2.18. The van der Waals surface area contributed by atoms with E-state index in [9.17, 15) is 13.2 Å². The number of carbonyl (C=O) groups excluding carboxylic acids is 1. The van der Waals surface area contributed by atoms with Gasteiger partial charge in [-0.1, -0.05) is 29.8 Å². The molecule has 166 valence electrons. The highest BCUT2D eigenvalue weighted by atomic mass is 35.5. The fourth-order valence-corrected chi connectivity index (χ4v) is 4.89. The number of amides is 1. The minimum Gasteiger partial charge on any atom is -0.322 e. The van der Waals surface area contributed by atoms with Crippen LogP contribution in [0.3, 0.4) is 0 Å². The molecule has 6 nitrogen and oxygen atoms in total. The first-order valence-electron chi connectivity index (χ1n) is 10.4. The molecule has 0 saturated carbocycles. The van der Waals surface area contributed by atoms with Crippen LogP contribution >= 0.6 is 11.6 Å². The SMILES string of the molecule is O=C(Nc1ccc(S(=O)(=O)Nc2cccc(Cl)c2)cc1)c1ccc(CN2CCCC2)cc1. The molecule has 0 unspecified atom stereocenters. The molecule has 32 heavy (non-hydrogen) atoms. The molecule has 1 fully saturated rings. The van der Waals surface area contributed by atoms with Gasteiger partial charge in [-0.2, -0.15) is 0 Å². The largest absolute Gasteiger partial charge is 0.322 e. The lowest BCUT2D eigenvalue weighted by molar-refractivity contribution is 0.102. The highest BCUT2D eigenvalue weighted by molar-refractivity contribution is 7.92. The first-order chi connectivity index (χ1) is 15.4. The first-order valence-corrected chi connectivity index (χ1v) is 12.3. The normalized spacial score (nSPS) is 14.3. The van der Waals surface area contributed by atoms with E-state index in [1.807, 2.05) is 24.3 Å². The van der Waals surface area contributed by atoms with Crippen molar-refractivity contribution in [2.75, 3.05) is 23.1 Å². The molecule has 3 aromatic carbocycles. The molecule has 0 aliphatic carbocycles. The Balaban J connectivity index is 1.38. The summed E-state index contributed by atoms with van der Waals surface area (Å²) in [6.45, 7) is 3.16. The van der Waals surface area contributed by atoms with E-state index in [4.69, 9.17) is 11.6 Å². The lowest BCUT2D eigenvalue weighted by atomic mass is 10.1. The number of likely N-dealkylation sites (tertiary alicyclic amines) is 1. The summed E-state index contributed by atoms with van der Waals surface area (Å²) in [6.07, 6.45) is 2.49. The van der Waals surface area contributed by atoms with E-state index in [2.05, 4.69) is 14.9 Å². The highest BCUT2D eigenvalue weighted by Gasteiger charge is 2.15. The van der Waals surface area contributed by atoms with Gasteiger partial charge in [-0.25, -0.2) is 8.42 Å². The van der Waals surface area contributed by atoms with Crippen LogP contribution in [-0.4, -0.2) is 32.3 Å². The van der Waals surface area contributed by atoms with Gasteiger partial charge in [-0.3, -0.25) is 14.4 Å². The second kappa shape index (κ2) is 9.73. The number of nitrogens with one attached hydrogen (secondary N) is 2. The number of carbonyl (C=O) groups is 1. The van der Waals surface area contributed by atoms with E-state index in [-0.39, 0.29) is 10.8 Å². The number of nitrogens with zero attached hydrogens (tertiary/aromatic N) is 1. The predicted molar refractivity (Wildman–Crippen MR) is 128 cm³/mol. The number of hydrogen-bond donors (Lipinski definition) is 2. The van der Waals surface area contributed by atoms with Gasteiger partial charge in [0.2, 0.25) is 0 Å². The maximum Gasteiger partial charge on any atom is 0.261 e. The van der Waals surface area contributed by atoms with Gasteiger partial charge in [0.25, 0.3) is 15.9 Å². The van der Waals surface area contributed by atoms with E-state index >= 15 is 0 Å². The van der Waals surface area contributed by atoms with Gasteiger partial charge in [-0.05, 0) is 86.1 Å². The molecule has 1 heterocycles. The third-order valence-corrected chi connectivity index (χ3v) is 6.95. The Morgan fingerprint density at radius 2 is 1.59 bits per heavy atom. The van der Waals surface area contributed by atoms with Crippen molar-refractivity contribution in [1.29, 1.82) is 0 Å². The van der Waals surface area contributed by atoms with Crippen molar-refractivity contribution in [3.63, 3.8) is 0 Å². The Morgan fingerprint density at radius 1 is 0.906 bits per heavy atom. The van der Waals surface area contributed by atoms with Crippen molar-refractivity contribution in [1.82, 2.24) is 4.90 Å². The zero-order valence-corrected chi connectivity index (χ0v) is 19.0. The average Bonchev–Trinajstić information content (AvgIpc) is 3.27. The smallest absolute Gasteiger partial charge is 0.261 e. The van der Waals surface area contributed by atoms with Crippen LogP contribution in [0.4, 0.5) is 11.4 Å². The third-order valence-electron chi connectivity index (χ3n) is 5.32. The van der Waals surface area contributed by atoms with Crippen LogP contribution in [0.2, 0.25) is 5.02 Å². The molecule has 0 radical (unpaired) electrons. The van der Waals surface area contributed by atoms with E-state index in [1.165, 1.54) is 36.6 Å². The van der Waals surface area contributed by atoms with Crippen molar-refractivity contribution >= 4 is 38.9 Å². The molecule has 8 heteroatoms. The van der Waals surface area contributed by atoms with Gasteiger partial charge in [-0.15, -0.1) is 0 Å². The molecular formula is C24H24ClN3O3S. The van der Waals surface area contributed by atoms with Gasteiger partial charge in [0.05, 0.1) is 10.6 Å². The van der Waals surface area contributed by atoms with E-state index in [1.54, 1.807) is 30.3 Å². The first kappa shape index (κ1) is 22.3. The van der Waals surface area contributed by atoms with Gasteiger partial charge < -0.3 is 5.32 Å². The second-order valence-electron chi connectivity index (χ2n) is 7.77. The van der Waals surface area contributed by atoms with Crippen LogP contribution in [0.5, 0.6) is 0 Å². The Bertz CT molecular complexity index is 1190. The summed E-state index contributed by atoms with van der Waals surface area (Å²) >= 11 is 5.91. The van der Waals surface area contributed by atoms with Crippen molar-refractivity contribution in [2.24, 2.45) is 0 Å². The summed E-state index contributed by atoms with van der Waals surface area (Å²) in [4.78, 5) is 15.1. The maximum absolute atomic E-state index is 12.6. The summed E-state index contributed by atoms with van der Waals surface area (Å²) < 4.78 is 27.6. The molecule has 0 aromatic heterocycles. The summed E-state index contributed by atoms with van der Waals surface area (Å²) in [5, 5.41) is 3.24. The maximum atomic E-state index is 12.6. The third kappa shape index (κ3) is 5.68. The molecule has 1 saturated heterocycles. The molecule has 1 aliphatic rings. The molecular weight excluding hydrogens is 446 g/mol. The van der Waals surface area contributed by atoms with Gasteiger partial charge in [0.15, 0.2) is 0 Å². The summed E-state index contributed by atoms with van der Waals surface area (Å²) in [5.41, 5.74) is 2.63. The standard InChI is InChI=1S/C24H24ClN3O3S/c25-20-4-3-5-22(16-20)27-32(30,31)23-12-10-21(11-13-23)26-24(29)19-8-6-18(7-9-19)17-28-14-1-2-15-28/h3-13,16,27H,1-2,14-15,17H2,(H,26,29). The van der Waals surface area contributed by atoms with Crippen molar-refractivity contribution in [3.8, 4) is 0 Å². The topological polar surface area (TPSA) is 78.5 Å². The van der Waals surface area contributed by atoms with Gasteiger partial charge in [0, 0.05) is 22.8 Å². The number of hydrogen-bond acceptors (Lipinski definition) is 4. The van der Waals surface area contributed by atoms with Crippen LogP contribution < -0.4 is 10.0 Å². The Hall–Kier alpha value is -2.87. The zero-order chi connectivity index (χ0) is 22.6. The highest BCUT2D eigenvalue weighted by Crippen LogP contribution is 2.21. The molecule has 0 spiro atoms. The molecule has 1 aliphatic heterocycles. The Kier molecular flexibility index (Phi) is 6.79. The van der Waals surface area contributed by atoms with E-state index in [0.717, 1.165) is 19.6 Å². The average molecular weight is 470 g/mol. The quantitative estimate of drug-likeness (QED) is 0.511. The number of anilines is 2. The molecule has 2 N–H and O–H groups in total. The van der Waals surface area contributed by atoms with Gasteiger partial charge >= 0.3 is 0 Å². The minimum absolute atomic E-state index is 0.0849. The number of sulfonamides is 1. The fourth-order valence-electron chi connectivity index (χ4n) is 3.65. The Morgan fingerprint density at radius 3 is 2.25 bits per heavy atom. The monoisotopic (exact) mass is 469 g/mol. The summed E-state index contributed by atoms with van der Waals surface area (Å²) in [7, 11) is -3.77. The number of benzene rings is 3. The number of rotatable bonds is 7. The summed E-state index contributed by atoms with van der Waals surface area (Å²) in [5.74, 6) is -0.245. The van der Waals surface area contributed by atoms with Crippen molar-refractivity contribution < 1.29 is 13.2 Å². The van der Waals surface area contributed by atoms with E-state index < -0.39 is 10.0 Å². The van der Waals surface area contributed by atoms with Crippen LogP contribution in [0, 0.1) is 0 Å². The number of halogens is 1.